The molecule has 97 heavy (non-hydrogen) atoms. The molecule has 1 heterocycles. The predicted molar refractivity (Wildman–Crippen MR) is 352 cm³/mol. The molecular formula is C66H96N12O19. The third kappa shape index (κ3) is 31.7. The Hall–Kier alpha value is -8.88. The zero-order valence-electron chi connectivity index (χ0n) is 54.7. The van der Waals surface area contributed by atoms with Gasteiger partial charge in [-0.25, -0.2) is 14.4 Å². The molecule has 2 fully saturated rings. The number of nitrogens with one attached hydrogen (secondary N) is 8. The fraction of sp³-hybridized carbons (Fsp3) is 0.576. The van der Waals surface area contributed by atoms with E-state index < -0.39 is 103 Å². The Morgan fingerprint density at radius 1 is 0.454 bits per heavy atom. The third-order valence-corrected chi connectivity index (χ3v) is 17.0. The standard InChI is InChI=1S/C66H96N12O19/c79-54(24-19-44-10-2-1-3-11-44)69-39-55(80)71-50(14-6-8-26-67-56(81)40-75-28-30-76(41-58(84)85)32-34-78(43-60(88)89)35-33-77(31-29-75)42-59(86)87)62(91)70-38-45-16-21-48(22-17-45)61(90)72-53(37-46-18-20-47-12-4-5-13-49(47)36-46)63(92)68-27-9-7-15-51(64(93)94)73-66(97)74-52(65(95)96)23-25-57(82)83/h1-5,10-13,18,20,36,45,48,50-53,58,84-85H,6-9,14-17,19,21-35,37-43H2,(H,67,81)(H,68,92)(H,69,79)(H,70,91)(H,71,80)(H,72,90)(H,82,83)(H,86,87)(H,88,89)(H,93,94)(H,95,96)(H2,73,74,97)/t45?,48?,50-,51-,52-,53-/m0/s1. The highest BCUT2D eigenvalue weighted by atomic mass is 16.5. The summed E-state index contributed by atoms with van der Waals surface area (Å²) in [6, 6.07) is 16.6. The van der Waals surface area contributed by atoms with Crippen molar-refractivity contribution in [2.24, 2.45) is 11.8 Å². The minimum absolute atomic E-state index is 0.0499. The Morgan fingerprint density at radius 3 is 1.57 bits per heavy atom. The number of amides is 8. The molecule has 31 nitrogen and oxygen atoms in total. The van der Waals surface area contributed by atoms with Gasteiger partial charge >= 0.3 is 35.9 Å². The number of benzene rings is 3. The lowest BCUT2D eigenvalue weighted by atomic mass is 9.81. The fourth-order valence-electron chi connectivity index (χ4n) is 11.5. The number of aliphatic carboxylic acids is 5. The van der Waals surface area contributed by atoms with Gasteiger partial charge in [-0.15, -0.1) is 0 Å². The van der Waals surface area contributed by atoms with Crippen molar-refractivity contribution >= 4 is 82.1 Å². The maximum atomic E-state index is 14.0. The first-order valence-electron chi connectivity index (χ1n) is 33.0. The minimum atomic E-state index is -1.67. The van der Waals surface area contributed by atoms with E-state index in [0.29, 0.717) is 44.9 Å². The van der Waals surface area contributed by atoms with E-state index in [2.05, 4.69) is 42.5 Å². The van der Waals surface area contributed by atoms with Crippen molar-refractivity contribution in [1.82, 2.24) is 62.1 Å². The first-order valence-corrected chi connectivity index (χ1v) is 33.0. The molecular weight excluding hydrogens is 1260 g/mol. The van der Waals surface area contributed by atoms with Crippen LogP contribution in [0.5, 0.6) is 0 Å². The molecule has 1 saturated carbocycles. The van der Waals surface area contributed by atoms with Crippen molar-refractivity contribution < 1.29 is 93.3 Å². The normalized spacial score (nSPS) is 17.3. The summed E-state index contributed by atoms with van der Waals surface area (Å²) in [5.41, 5.74) is 1.73. The average molecular weight is 1360 g/mol. The molecule has 3 aromatic carbocycles. The largest absolute Gasteiger partial charge is 0.481 e. The molecule has 8 amide bonds. The lowest BCUT2D eigenvalue weighted by Crippen LogP contribution is -2.51. The summed E-state index contributed by atoms with van der Waals surface area (Å²) >= 11 is 0. The molecule has 0 radical (unpaired) electrons. The number of hydrogen-bond acceptors (Lipinski definition) is 18. The maximum Gasteiger partial charge on any atom is 0.326 e. The number of unbranched alkanes of at least 4 members (excludes halogenated alkanes) is 2. The lowest BCUT2D eigenvalue weighted by molar-refractivity contribution is -0.141. The number of fused-ring (bicyclic) bond motifs is 1. The zero-order chi connectivity index (χ0) is 70.7. The van der Waals surface area contributed by atoms with Gasteiger partial charge in [0.1, 0.15) is 24.2 Å². The number of nitrogens with zero attached hydrogens (tertiary/aromatic N) is 4. The summed E-state index contributed by atoms with van der Waals surface area (Å²) in [6.07, 6.45) is 1.35. The fourth-order valence-corrected chi connectivity index (χ4v) is 11.5. The predicted octanol–water partition coefficient (Wildman–Crippen LogP) is -0.632. The van der Waals surface area contributed by atoms with Gasteiger partial charge in [0.05, 0.1) is 26.2 Å². The second-order valence-corrected chi connectivity index (χ2v) is 24.7. The Labute approximate surface area is 562 Å². The SMILES string of the molecule is O=C(O)CC[C@H](NC(=O)N[C@@H](CCCCNC(=O)[C@H](Cc1ccc2ccccc2c1)NC(=O)C1CCC(CNC(=O)[C@H](CCCCNC(=O)CN2CCN(CC(=O)O)CCN(CC(=O)O)CCN(CC(O)O)CC2)NC(=O)CNC(=O)CCc2ccccc2)CC1)C(=O)O)C(=O)O. The summed E-state index contributed by atoms with van der Waals surface area (Å²) in [4.78, 5) is 159. The van der Waals surface area contributed by atoms with Crippen LogP contribution in [0.1, 0.15) is 94.6 Å². The highest BCUT2D eigenvalue weighted by Gasteiger charge is 2.32. The van der Waals surface area contributed by atoms with E-state index in [0.717, 1.165) is 21.9 Å². The van der Waals surface area contributed by atoms with Crippen molar-refractivity contribution in [2.45, 2.75) is 127 Å². The Balaban J connectivity index is 1.14. The van der Waals surface area contributed by atoms with E-state index in [1.54, 1.807) is 14.7 Å². The molecule has 15 N–H and O–H groups in total. The number of carboxylic acid groups (broad SMARTS) is 5. The molecule has 0 aromatic heterocycles. The Kier molecular flexibility index (Phi) is 34.6. The summed E-state index contributed by atoms with van der Waals surface area (Å²) < 4.78 is 0. The second-order valence-electron chi connectivity index (χ2n) is 24.7. The summed E-state index contributed by atoms with van der Waals surface area (Å²) in [6.45, 7) is 1.45. The molecule has 534 valence electrons. The number of hydrogen-bond donors (Lipinski definition) is 15. The van der Waals surface area contributed by atoms with E-state index in [4.69, 9.17) is 5.11 Å². The molecule has 4 atom stereocenters. The van der Waals surface area contributed by atoms with Crippen LogP contribution in [0.2, 0.25) is 0 Å². The number of β-amino-alcohol motifs (C(OH)–C–C–N with tert-alkyl or cyclic N) is 2. The molecule has 1 aliphatic heterocycles. The molecule has 1 aliphatic carbocycles. The number of aliphatic hydroxyl groups excluding tert-OH is 1. The zero-order valence-corrected chi connectivity index (χ0v) is 54.7. The molecule has 2 aliphatic rings. The number of carbonyl (C=O) groups excluding carboxylic acids is 7. The number of carbonyl (C=O) groups is 12. The van der Waals surface area contributed by atoms with Crippen LogP contribution in [-0.2, 0) is 65.6 Å². The van der Waals surface area contributed by atoms with Gasteiger partial charge in [-0.3, -0.25) is 62.8 Å². The van der Waals surface area contributed by atoms with E-state index in [1.807, 2.05) is 77.7 Å². The molecule has 31 heteroatoms. The second kappa shape index (κ2) is 42.6. The van der Waals surface area contributed by atoms with Crippen LogP contribution in [0.3, 0.4) is 0 Å². The summed E-state index contributed by atoms with van der Waals surface area (Å²) in [5, 5.41) is 90.0. The quantitative estimate of drug-likeness (QED) is 0.0250. The van der Waals surface area contributed by atoms with Crippen molar-refractivity contribution in [3.8, 4) is 0 Å². The van der Waals surface area contributed by atoms with E-state index in [-0.39, 0.29) is 167 Å². The number of urea groups is 1. The Morgan fingerprint density at radius 2 is 0.990 bits per heavy atom. The minimum Gasteiger partial charge on any atom is -0.481 e. The van der Waals surface area contributed by atoms with Crippen LogP contribution in [0.25, 0.3) is 10.8 Å². The van der Waals surface area contributed by atoms with E-state index >= 15 is 0 Å². The van der Waals surface area contributed by atoms with Gasteiger partial charge in [-0.1, -0.05) is 72.8 Å². The maximum absolute atomic E-state index is 14.0. The first kappa shape index (κ1) is 78.8. The highest BCUT2D eigenvalue weighted by molar-refractivity contribution is 5.91. The number of carboxylic acids is 5. The van der Waals surface area contributed by atoms with Gasteiger partial charge < -0.3 is 78.3 Å². The van der Waals surface area contributed by atoms with Crippen molar-refractivity contribution in [2.75, 3.05) is 105 Å². The smallest absolute Gasteiger partial charge is 0.326 e. The molecule has 3 aromatic rings. The monoisotopic (exact) mass is 1360 g/mol. The topological polar surface area (TPSA) is 456 Å². The molecule has 0 bridgehead atoms. The van der Waals surface area contributed by atoms with Crippen LogP contribution >= 0.6 is 0 Å². The molecule has 1 saturated heterocycles. The van der Waals surface area contributed by atoms with Crippen molar-refractivity contribution in [1.29, 1.82) is 0 Å². The van der Waals surface area contributed by atoms with Crippen molar-refractivity contribution in [3.05, 3.63) is 83.9 Å². The van der Waals surface area contributed by atoms with Gasteiger partial charge in [-0.2, -0.15) is 0 Å². The molecule has 5 rings (SSSR count). The van der Waals surface area contributed by atoms with Gasteiger partial charge in [-0.05, 0) is 105 Å². The first-order chi connectivity index (χ1) is 46.4. The average Bonchev–Trinajstić information content (AvgIpc) is 0.913. The molecule has 0 unspecified atom stereocenters. The van der Waals surface area contributed by atoms with Crippen LogP contribution in [0, 0.1) is 11.8 Å². The van der Waals surface area contributed by atoms with Crippen molar-refractivity contribution in [3.63, 3.8) is 0 Å². The number of aryl methyl sites for hydroxylation is 1. The van der Waals surface area contributed by atoms with Gasteiger partial charge in [0, 0.05) is 104 Å². The lowest BCUT2D eigenvalue weighted by Gasteiger charge is -2.33. The number of rotatable bonds is 39. The van der Waals surface area contributed by atoms with Gasteiger partial charge in [0.15, 0.2) is 6.29 Å². The van der Waals surface area contributed by atoms with E-state index in [9.17, 15) is 88.2 Å². The van der Waals surface area contributed by atoms with Crippen LogP contribution < -0.4 is 42.5 Å². The molecule has 0 spiro atoms. The van der Waals surface area contributed by atoms with Gasteiger partial charge in [0.2, 0.25) is 35.4 Å². The summed E-state index contributed by atoms with van der Waals surface area (Å²) in [5.74, 6) is -9.39. The third-order valence-electron chi connectivity index (χ3n) is 17.0. The van der Waals surface area contributed by atoms with Crippen LogP contribution in [0.4, 0.5) is 4.79 Å². The summed E-state index contributed by atoms with van der Waals surface area (Å²) in [7, 11) is 0. The van der Waals surface area contributed by atoms with Crippen LogP contribution in [-0.4, -0.2) is 262 Å². The van der Waals surface area contributed by atoms with Crippen LogP contribution in [0.15, 0.2) is 72.8 Å². The van der Waals surface area contributed by atoms with Gasteiger partial charge in [0.25, 0.3) is 0 Å². The number of aliphatic hydroxyl groups is 2. The Bertz CT molecular complexity index is 3080. The highest BCUT2D eigenvalue weighted by Crippen LogP contribution is 2.29. The van der Waals surface area contributed by atoms with E-state index in [1.165, 1.54) is 0 Å².